The first-order valence-corrected chi connectivity index (χ1v) is 8.44. The summed E-state index contributed by atoms with van der Waals surface area (Å²) in [6.07, 6.45) is 1.57. The Kier molecular flexibility index (Phi) is 4.72. The number of carbonyl (C=O) groups is 1. The van der Waals surface area contributed by atoms with Crippen LogP contribution < -0.4 is 5.56 Å². The van der Waals surface area contributed by atoms with Crippen molar-refractivity contribution in [1.82, 2.24) is 14.5 Å². The Bertz CT molecular complexity index is 814. The molecule has 1 unspecified atom stereocenters. The van der Waals surface area contributed by atoms with E-state index in [1.807, 2.05) is 44.2 Å². The summed E-state index contributed by atoms with van der Waals surface area (Å²) >= 11 is 0. The molecule has 1 amide bonds. The Hall–Kier alpha value is -2.47. The highest BCUT2D eigenvalue weighted by Crippen LogP contribution is 2.29. The van der Waals surface area contributed by atoms with Crippen molar-refractivity contribution < 1.29 is 9.90 Å². The lowest BCUT2D eigenvalue weighted by molar-refractivity contribution is -0.138. The molecular weight excluding hydrogens is 318 g/mol. The predicted octanol–water partition coefficient (Wildman–Crippen LogP) is 1.53. The third-order valence-corrected chi connectivity index (χ3v) is 4.78. The van der Waals surface area contributed by atoms with Crippen LogP contribution in [0.15, 0.2) is 47.5 Å². The number of aliphatic hydroxyl groups excluding tert-OH is 1. The molecule has 1 aromatic heterocycles. The van der Waals surface area contributed by atoms with Gasteiger partial charge in [0.25, 0.3) is 5.56 Å². The van der Waals surface area contributed by atoms with E-state index in [1.54, 1.807) is 4.90 Å². The number of aliphatic hydroxyl groups is 1. The molecular formula is C19H23N3O3. The summed E-state index contributed by atoms with van der Waals surface area (Å²) in [5.74, 6) is -0.128. The molecule has 2 heterocycles. The Morgan fingerprint density at radius 2 is 2.04 bits per heavy atom. The van der Waals surface area contributed by atoms with E-state index in [0.717, 1.165) is 5.56 Å². The third kappa shape index (κ3) is 3.79. The maximum atomic E-state index is 12.5. The van der Waals surface area contributed by atoms with E-state index in [0.29, 0.717) is 25.2 Å². The van der Waals surface area contributed by atoms with Gasteiger partial charge in [-0.25, -0.2) is 4.98 Å². The van der Waals surface area contributed by atoms with Gasteiger partial charge in [-0.3, -0.25) is 14.2 Å². The zero-order valence-electron chi connectivity index (χ0n) is 14.6. The van der Waals surface area contributed by atoms with E-state index in [9.17, 15) is 14.7 Å². The van der Waals surface area contributed by atoms with Crippen molar-refractivity contribution in [2.24, 2.45) is 5.41 Å². The normalized spacial score (nSPS) is 19.6. The predicted molar refractivity (Wildman–Crippen MR) is 94.9 cm³/mol. The van der Waals surface area contributed by atoms with Gasteiger partial charge in [0.05, 0.1) is 18.1 Å². The number of nitrogens with zero attached hydrogens (tertiary/aromatic N) is 3. The van der Waals surface area contributed by atoms with Crippen LogP contribution in [0, 0.1) is 5.41 Å². The van der Waals surface area contributed by atoms with Gasteiger partial charge in [-0.15, -0.1) is 0 Å². The lowest BCUT2D eigenvalue weighted by atomic mass is 9.81. The van der Waals surface area contributed by atoms with Gasteiger partial charge in [0, 0.05) is 30.1 Å². The first-order valence-electron chi connectivity index (χ1n) is 8.44. The van der Waals surface area contributed by atoms with Gasteiger partial charge < -0.3 is 10.0 Å². The molecule has 132 valence electrons. The summed E-state index contributed by atoms with van der Waals surface area (Å²) in [6, 6.07) is 10.9. The lowest BCUT2D eigenvalue weighted by Gasteiger charge is -2.41. The van der Waals surface area contributed by atoms with Crippen LogP contribution in [-0.2, 0) is 11.3 Å². The summed E-state index contributed by atoms with van der Waals surface area (Å²) in [4.78, 5) is 30.9. The number of likely N-dealkylation sites (tertiary alicyclic amines) is 1. The molecule has 0 radical (unpaired) electrons. The fourth-order valence-electron chi connectivity index (χ4n) is 3.12. The smallest absolute Gasteiger partial charge is 0.254 e. The third-order valence-electron chi connectivity index (χ3n) is 4.78. The maximum absolute atomic E-state index is 12.5. The number of hydrogen-bond acceptors (Lipinski definition) is 4. The SMILES string of the molecule is CC1(C)CN(C(=O)Cn2cnc(-c3ccccc3)cc2=O)CCC1O. The Labute approximate surface area is 146 Å². The molecule has 0 aliphatic carbocycles. The largest absolute Gasteiger partial charge is 0.392 e. The molecule has 3 rings (SSSR count). The van der Waals surface area contributed by atoms with E-state index in [-0.39, 0.29) is 23.4 Å². The topological polar surface area (TPSA) is 75.4 Å². The van der Waals surface area contributed by atoms with Gasteiger partial charge in [0.1, 0.15) is 6.54 Å². The highest BCUT2D eigenvalue weighted by atomic mass is 16.3. The minimum absolute atomic E-state index is 0.0346. The van der Waals surface area contributed by atoms with Crippen LogP contribution >= 0.6 is 0 Å². The molecule has 1 saturated heterocycles. The van der Waals surface area contributed by atoms with Crippen LogP contribution in [0.2, 0.25) is 0 Å². The van der Waals surface area contributed by atoms with Crippen molar-refractivity contribution in [3.05, 3.63) is 53.1 Å². The molecule has 0 saturated carbocycles. The number of piperidine rings is 1. The van der Waals surface area contributed by atoms with Crippen molar-refractivity contribution in [1.29, 1.82) is 0 Å². The van der Waals surface area contributed by atoms with E-state index in [4.69, 9.17) is 0 Å². The molecule has 25 heavy (non-hydrogen) atoms. The van der Waals surface area contributed by atoms with Crippen LogP contribution in [0.1, 0.15) is 20.3 Å². The summed E-state index contributed by atoms with van der Waals surface area (Å²) in [5.41, 5.74) is 0.869. The highest BCUT2D eigenvalue weighted by molar-refractivity contribution is 5.76. The van der Waals surface area contributed by atoms with Gasteiger partial charge in [-0.2, -0.15) is 0 Å². The van der Waals surface area contributed by atoms with Crippen LogP contribution in [0.5, 0.6) is 0 Å². The highest BCUT2D eigenvalue weighted by Gasteiger charge is 2.36. The molecule has 1 aliphatic heterocycles. The molecule has 0 spiro atoms. The van der Waals surface area contributed by atoms with Crippen LogP contribution in [0.25, 0.3) is 11.3 Å². The molecule has 1 atom stereocenters. The molecule has 2 aromatic rings. The zero-order valence-corrected chi connectivity index (χ0v) is 14.6. The van der Waals surface area contributed by atoms with Crippen LogP contribution in [0.3, 0.4) is 0 Å². The van der Waals surface area contributed by atoms with Crippen molar-refractivity contribution in [2.45, 2.75) is 32.9 Å². The number of carbonyl (C=O) groups excluding carboxylic acids is 1. The molecule has 1 N–H and O–H groups in total. The van der Waals surface area contributed by atoms with Crippen LogP contribution in [0.4, 0.5) is 0 Å². The van der Waals surface area contributed by atoms with Crippen LogP contribution in [-0.4, -0.2) is 44.7 Å². The standard InChI is InChI=1S/C19H23N3O3/c1-19(2)12-21(9-8-16(19)23)18(25)11-22-13-20-15(10-17(22)24)14-6-4-3-5-7-14/h3-7,10,13,16,23H,8-9,11-12H2,1-2H3. The van der Waals surface area contributed by atoms with Gasteiger partial charge >= 0.3 is 0 Å². The molecule has 0 bridgehead atoms. The summed E-state index contributed by atoms with van der Waals surface area (Å²) in [7, 11) is 0. The van der Waals surface area contributed by atoms with E-state index < -0.39 is 6.10 Å². The van der Waals surface area contributed by atoms with Crippen molar-refractivity contribution >= 4 is 5.91 Å². The van der Waals surface area contributed by atoms with E-state index >= 15 is 0 Å². The Morgan fingerprint density at radius 3 is 2.68 bits per heavy atom. The lowest BCUT2D eigenvalue weighted by Crippen LogP contribution is -2.51. The Balaban J connectivity index is 1.73. The minimum atomic E-state index is -0.411. The number of amides is 1. The first-order chi connectivity index (χ1) is 11.9. The van der Waals surface area contributed by atoms with Gasteiger partial charge in [0.2, 0.25) is 5.91 Å². The second-order valence-electron chi connectivity index (χ2n) is 7.21. The monoisotopic (exact) mass is 341 g/mol. The average Bonchev–Trinajstić information content (AvgIpc) is 2.59. The maximum Gasteiger partial charge on any atom is 0.254 e. The van der Waals surface area contributed by atoms with E-state index in [2.05, 4.69) is 4.98 Å². The summed E-state index contributed by atoms with van der Waals surface area (Å²) < 4.78 is 1.33. The van der Waals surface area contributed by atoms with Crippen molar-refractivity contribution in [3.63, 3.8) is 0 Å². The first kappa shape index (κ1) is 17.4. The number of benzene rings is 1. The summed E-state index contributed by atoms with van der Waals surface area (Å²) in [5, 5.41) is 10.0. The molecule has 6 nitrogen and oxygen atoms in total. The second-order valence-corrected chi connectivity index (χ2v) is 7.21. The molecule has 6 heteroatoms. The van der Waals surface area contributed by atoms with Gasteiger partial charge in [-0.05, 0) is 6.42 Å². The van der Waals surface area contributed by atoms with Gasteiger partial charge in [0.15, 0.2) is 0 Å². The number of hydrogen-bond donors (Lipinski definition) is 1. The minimum Gasteiger partial charge on any atom is -0.392 e. The molecule has 1 aliphatic rings. The van der Waals surface area contributed by atoms with E-state index in [1.165, 1.54) is 17.0 Å². The second kappa shape index (κ2) is 6.80. The fourth-order valence-corrected chi connectivity index (χ4v) is 3.12. The quantitative estimate of drug-likeness (QED) is 0.919. The number of rotatable bonds is 3. The zero-order chi connectivity index (χ0) is 18.0. The Morgan fingerprint density at radius 1 is 1.32 bits per heavy atom. The average molecular weight is 341 g/mol. The molecule has 1 aromatic carbocycles. The summed E-state index contributed by atoms with van der Waals surface area (Å²) in [6.45, 7) is 4.84. The molecule has 1 fully saturated rings. The van der Waals surface area contributed by atoms with Crippen molar-refractivity contribution in [2.75, 3.05) is 13.1 Å². The number of aromatic nitrogens is 2. The van der Waals surface area contributed by atoms with Gasteiger partial charge in [-0.1, -0.05) is 44.2 Å². The fraction of sp³-hybridized carbons (Fsp3) is 0.421. The van der Waals surface area contributed by atoms with Crippen molar-refractivity contribution in [3.8, 4) is 11.3 Å².